The molecule has 0 spiro atoms. The molecule has 0 aliphatic heterocycles. The van der Waals surface area contributed by atoms with Crippen molar-refractivity contribution >= 4 is 5.69 Å². The Kier molecular flexibility index (Phi) is 4.67. The van der Waals surface area contributed by atoms with Gasteiger partial charge in [-0.1, -0.05) is 24.3 Å². The molecular formula is C17H8F2N4. The topological polar surface area (TPSA) is 83.4 Å². The summed E-state index contributed by atoms with van der Waals surface area (Å²) in [5.41, 5.74) is 0.685. The van der Waals surface area contributed by atoms with Gasteiger partial charge in [-0.2, -0.15) is 15.8 Å². The van der Waals surface area contributed by atoms with Crippen LogP contribution in [0.4, 0.5) is 14.5 Å². The molecule has 6 heteroatoms. The zero-order valence-electron chi connectivity index (χ0n) is 11.6. The van der Waals surface area contributed by atoms with Crippen LogP contribution in [0.2, 0.25) is 0 Å². The standard InChI is InChI=1S/C17H8F2N4/c18-14-6-5-11(7-15(14)19)13-3-1-2-4-16(13)23-17(10-22)12(8-20)9-21/h1-7,23H. The molecule has 0 radical (unpaired) electrons. The summed E-state index contributed by atoms with van der Waals surface area (Å²) >= 11 is 0. The molecule has 4 nitrogen and oxygen atoms in total. The predicted octanol–water partition coefficient (Wildman–Crippen LogP) is 3.87. The summed E-state index contributed by atoms with van der Waals surface area (Å²) in [6.45, 7) is 0. The quantitative estimate of drug-likeness (QED) is 0.872. The molecule has 2 aromatic carbocycles. The Balaban J connectivity index is 2.53. The lowest BCUT2D eigenvalue weighted by molar-refractivity contribution is 0.509. The van der Waals surface area contributed by atoms with Crippen LogP contribution in [0.5, 0.6) is 0 Å². The van der Waals surface area contributed by atoms with Gasteiger partial charge in [-0.25, -0.2) is 8.78 Å². The van der Waals surface area contributed by atoms with Gasteiger partial charge in [0.15, 0.2) is 17.2 Å². The average Bonchev–Trinajstić information content (AvgIpc) is 2.58. The van der Waals surface area contributed by atoms with Crippen molar-refractivity contribution in [3.05, 3.63) is 65.4 Å². The third-order valence-electron chi connectivity index (χ3n) is 3.00. The van der Waals surface area contributed by atoms with Gasteiger partial charge in [0.2, 0.25) is 0 Å². The molecule has 0 aliphatic carbocycles. The van der Waals surface area contributed by atoms with Crippen molar-refractivity contribution in [2.45, 2.75) is 0 Å². The second-order valence-corrected chi connectivity index (χ2v) is 4.38. The van der Waals surface area contributed by atoms with Crippen LogP contribution in [-0.2, 0) is 0 Å². The van der Waals surface area contributed by atoms with E-state index in [0.717, 1.165) is 12.1 Å². The number of hydrogen-bond acceptors (Lipinski definition) is 4. The van der Waals surface area contributed by atoms with Crippen molar-refractivity contribution in [1.29, 1.82) is 15.8 Å². The van der Waals surface area contributed by atoms with Crippen molar-refractivity contribution in [1.82, 2.24) is 0 Å². The third-order valence-corrected chi connectivity index (χ3v) is 3.00. The second kappa shape index (κ2) is 6.85. The minimum atomic E-state index is -0.997. The fourth-order valence-corrected chi connectivity index (χ4v) is 1.93. The highest BCUT2D eigenvalue weighted by Crippen LogP contribution is 2.30. The summed E-state index contributed by atoms with van der Waals surface area (Å²) in [6.07, 6.45) is 0. The zero-order chi connectivity index (χ0) is 16.8. The normalized spacial score (nSPS) is 9.17. The molecule has 0 amide bonds. The molecule has 0 heterocycles. The van der Waals surface area contributed by atoms with Gasteiger partial charge in [0, 0.05) is 11.3 Å². The first kappa shape index (κ1) is 15.7. The van der Waals surface area contributed by atoms with Crippen LogP contribution in [0.3, 0.4) is 0 Å². The van der Waals surface area contributed by atoms with Crippen LogP contribution in [0, 0.1) is 45.6 Å². The predicted molar refractivity (Wildman–Crippen MR) is 79.3 cm³/mol. The maximum Gasteiger partial charge on any atom is 0.163 e. The summed E-state index contributed by atoms with van der Waals surface area (Å²) in [4.78, 5) is 0. The SMILES string of the molecule is N#CC(C#N)=C(C#N)Nc1ccccc1-c1ccc(F)c(F)c1. The Hall–Kier alpha value is -3.69. The van der Waals surface area contributed by atoms with Gasteiger partial charge in [0.1, 0.15) is 23.9 Å². The first-order valence-corrected chi connectivity index (χ1v) is 6.36. The van der Waals surface area contributed by atoms with Crippen molar-refractivity contribution in [2.75, 3.05) is 5.32 Å². The molecule has 0 saturated heterocycles. The molecule has 0 atom stereocenters. The van der Waals surface area contributed by atoms with Gasteiger partial charge in [0.25, 0.3) is 0 Å². The maximum absolute atomic E-state index is 13.4. The Morgan fingerprint density at radius 1 is 0.870 bits per heavy atom. The van der Waals surface area contributed by atoms with Crippen molar-refractivity contribution in [3.8, 4) is 29.3 Å². The van der Waals surface area contributed by atoms with E-state index in [2.05, 4.69) is 5.32 Å². The summed E-state index contributed by atoms with van der Waals surface area (Å²) in [5, 5.41) is 29.5. The number of allylic oxidation sites excluding steroid dienone is 2. The number of nitrogens with zero attached hydrogens (tertiary/aromatic N) is 3. The zero-order valence-corrected chi connectivity index (χ0v) is 11.6. The van der Waals surface area contributed by atoms with Crippen LogP contribution in [0.1, 0.15) is 0 Å². The van der Waals surface area contributed by atoms with E-state index in [4.69, 9.17) is 15.8 Å². The molecule has 2 rings (SSSR count). The molecule has 0 fully saturated rings. The van der Waals surface area contributed by atoms with Crippen LogP contribution >= 0.6 is 0 Å². The largest absolute Gasteiger partial charge is 0.345 e. The summed E-state index contributed by atoms with van der Waals surface area (Å²) in [6, 6.07) is 15.0. The fraction of sp³-hybridized carbons (Fsp3) is 0. The van der Waals surface area contributed by atoms with Gasteiger partial charge in [0.05, 0.1) is 0 Å². The van der Waals surface area contributed by atoms with E-state index in [9.17, 15) is 8.78 Å². The lowest BCUT2D eigenvalue weighted by atomic mass is 10.0. The van der Waals surface area contributed by atoms with E-state index < -0.39 is 11.6 Å². The van der Waals surface area contributed by atoms with E-state index in [0.29, 0.717) is 16.8 Å². The number of rotatable bonds is 3. The minimum absolute atomic E-state index is 0.218. The first-order valence-electron chi connectivity index (χ1n) is 6.36. The van der Waals surface area contributed by atoms with Crippen molar-refractivity contribution in [3.63, 3.8) is 0 Å². The number of para-hydroxylation sites is 1. The fourth-order valence-electron chi connectivity index (χ4n) is 1.93. The number of anilines is 1. The lowest BCUT2D eigenvalue weighted by Gasteiger charge is -2.11. The van der Waals surface area contributed by atoms with Crippen LogP contribution in [-0.4, -0.2) is 0 Å². The van der Waals surface area contributed by atoms with Gasteiger partial charge < -0.3 is 5.32 Å². The van der Waals surface area contributed by atoms with E-state index in [1.807, 2.05) is 0 Å². The molecule has 110 valence electrons. The molecule has 23 heavy (non-hydrogen) atoms. The molecular weight excluding hydrogens is 298 g/mol. The van der Waals surface area contributed by atoms with Crippen LogP contribution in [0.25, 0.3) is 11.1 Å². The minimum Gasteiger partial charge on any atom is -0.345 e. The van der Waals surface area contributed by atoms with Crippen molar-refractivity contribution < 1.29 is 8.78 Å². The Morgan fingerprint density at radius 2 is 1.57 bits per heavy atom. The van der Waals surface area contributed by atoms with Gasteiger partial charge >= 0.3 is 0 Å². The van der Waals surface area contributed by atoms with Crippen LogP contribution < -0.4 is 5.32 Å². The molecule has 0 aliphatic rings. The number of benzene rings is 2. The number of nitrogens with one attached hydrogen (secondary N) is 1. The molecule has 1 N–H and O–H groups in total. The van der Waals surface area contributed by atoms with E-state index in [1.165, 1.54) is 6.07 Å². The molecule has 0 unspecified atom stereocenters. The third kappa shape index (κ3) is 3.32. The smallest absolute Gasteiger partial charge is 0.163 e. The lowest BCUT2D eigenvalue weighted by Crippen LogP contribution is -2.02. The first-order chi connectivity index (χ1) is 11.1. The number of nitriles is 3. The molecule has 2 aromatic rings. The Morgan fingerprint density at radius 3 is 2.17 bits per heavy atom. The van der Waals surface area contributed by atoms with Gasteiger partial charge in [-0.05, 0) is 23.8 Å². The Bertz CT molecular complexity index is 895. The monoisotopic (exact) mass is 306 g/mol. The highest BCUT2D eigenvalue weighted by molar-refractivity contribution is 5.80. The van der Waals surface area contributed by atoms with E-state index in [1.54, 1.807) is 42.5 Å². The highest BCUT2D eigenvalue weighted by Gasteiger charge is 2.11. The van der Waals surface area contributed by atoms with E-state index >= 15 is 0 Å². The summed E-state index contributed by atoms with van der Waals surface area (Å²) in [5.74, 6) is -1.96. The summed E-state index contributed by atoms with van der Waals surface area (Å²) < 4.78 is 26.5. The second-order valence-electron chi connectivity index (χ2n) is 4.38. The molecule has 0 saturated carbocycles. The average molecular weight is 306 g/mol. The number of hydrogen-bond donors (Lipinski definition) is 1. The maximum atomic E-state index is 13.4. The molecule has 0 aromatic heterocycles. The molecule has 0 bridgehead atoms. The van der Waals surface area contributed by atoms with Gasteiger partial charge in [-0.3, -0.25) is 0 Å². The number of halogens is 2. The summed E-state index contributed by atoms with van der Waals surface area (Å²) in [7, 11) is 0. The Labute approximate surface area is 131 Å². The highest BCUT2D eigenvalue weighted by atomic mass is 19.2. The van der Waals surface area contributed by atoms with E-state index in [-0.39, 0.29) is 11.3 Å². The van der Waals surface area contributed by atoms with Gasteiger partial charge in [-0.15, -0.1) is 0 Å². The van der Waals surface area contributed by atoms with Crippen molar-refractivity contribution in [2.24, 2.45) is 0 Å². The van der Waals surface area contributed by atoms with Crippen LogP contribution in [0.15, 0.2) is 53.7 Å².